The molecule has 4 N–H and O–H groups in total. The van der Waals surface area contributed by atoms with Crippen LogP contribution in [0.5, 0.6) is 0 Å². The monoisotopic (exact) mass is 183 g/mol. The quantitative estimate of drug-likeness (QED) is 0.325. The van der Waals surface area contributed by atoms with Crippen LogP contribution in [0.2, 0.25) is 0 Å². The molecule has 6 heteroatoms. The van der Waals surface area contributed by atoms with Crippen LogP contribution in [0.1, 0.15) is 0 Å². The molecule has 0 aliphatic carbocycles. The van der Waals surface area contributed by atoms with Gasteiger partial charge in [-0.3, -0.25) is 10.4 Å². The van der Waals surface area contributed by atoms with E-state index in [1.54, 1.807) is 6.08 Å². The van der Waals surface area contributed by atoms with Gasteiger partial charge >= 0.3 is 6.03 Å². The van der Waals surface area contributed by atoms with Crippen LogP contribution in [0.3, 0.4) is 0 Å². The Labute approximate surface area is 76.5 Å². The lowest BCUT2D eigenvalue weighted by Crippen LogP contribution is -2.50. The second-order valence-corrected chi connectivity index (χ2v) is 2.41. The van der Waals surface area contributed by atoms with Gasteiger partial charge in [-0.15, -0.1) is 6.58 Å². The molecule has 0 spiro atoms. The van der Waals surface area contributed by atoms with E-state index in [0.717, 1.165) is 13.1 Å². The third kappa shape index (κ3) is 3.46. The van der Waals surface area contributed by atoms with E-state index in [4.69, 9.17) is 0 Å². The summed E-state index contributed by atoms with van der Waals surface area (Å²) >= 11 is 0. The van der Waals surface area contributed by atoms with Gasteiger partial charge in [-0.2, -0.15) is 0 Å². The van der Waals surface area contributed by atoms with Crippen molar-refractivity contribution in [2.75, 3.05) is 19.6 Å². The molecule has 0 fully saturated rings. The molecule has 0 aromatic heterocycles. The Morgan fingerprint density at radius 2 is 2.62 bits per heavy atom. The number of nitrogens with one attached hydrogen (secondary N) is 4. The molecular weight excluding hydrogens is 170 g/mol. The Morgan fingerprint density at radius 1 is 1.77 bits per heavy atom. The molecule has 1 aliphatic rings. The molecule has 0 saturated carbocycles. The van der Waals surface area contributed by atoms with Gasteiger partial charge in [-0.05, 0) is 0 Å². The van der Waals surface area contributed by atoms with Crippen LogP contribution in [0.4, 0.5) is 4.79 Å². The van der Waals surface area contributed by atoms with Crippen LogP contribution < -0.4 is 21.5 Å². The van der Waals surface area contributed by atoms with Gasteiger partial charge in [0.2, 0.25) is 5.96 Å². The second kappa shape index (κ2) is 5.02. The number of rotatable bonds is 2. The third-order valence-electron chi connectivity index (χ3n) is 1.38. The number of amides is 2. The lowest BCUT2D eigenvalue weighted by molar-refractivity contribution is 0.240. The van der Waals surface area contributed by atoms with Crippen molar-refractivity contribution in [3.63, 3.8) is 0 Å². The summed E-state index contributed by atoms with van der Waals surface area (Å²) in [5.74, 6) is 0.591. The second-order valence-electron chi connectivity index (χ2n) is 2.41. The van der Waals surface area contributed by atoms with Gasteiger partial charge in [-0.1, -0.05) is 6.08 Å². The largest absolute Gasteiger partial charge is 0.353 e. The number of aliphatic imine (C=N–C) groups is 1. The van der Waals surface area contributed by atoms with E-state index in [1.807, 2.05) is 0 Å². The van der Waals surface area contributed by atoms with E-state index in [1.165, 1.54) is 0 Å². The van der Waals surface area contributed by atoms with Gasteiger partial charge in [0.05, 0.1) is 6.54 Å². The van der Waals surface area contributed by atoms with Crippen LogP contribution in [0, 0.1) is 0 Å². The van der Waals surface area contributed by atoms with Gasteiger partial charge in [-0.25, -0.2) is 10.2 Å². The summed E-state index contributed by atoms with van der Waals surface area (Å²) in [4.78, 5) is 15.0. The zero-order valence-corrected chi connectivity index (χ0v) is 7.26. The first-order valence-electron chi connectivity index (χ1n) is 4.02. The number of hydrazine groups is 1. The number of nitrogens with zero attached hydrogens (tertiary/aromatic N) is 1. The van der Waals surface area contributed by atoms with Crippen LogP contribution in [-0.2, 0) is 0 Å². The Morgan fingerprint density at radius 3 is 3.23 bits per heavy atom. The molecule has 0 saturated heterocycles. The van der Waals surface area contributed by atoms with E-state index < -0.39 is 0 Å². The molecule has 0 radical (unpaired) electrons. The molecule has 0 aromatic carbocycles. The van der Waals surface area contributed by atoms with Crippen molar-refractivity contribution in [1.82, 2.24) is 21.5 Å². The summed E-state index contributed by atoms with van der Waals surface area (Å²) in [5.41, 5.74) is 5.05. The Kier molecular flexibility index (Phi) is 3.62. The van der Waals surface area contributed by atoms with E-state index in [9.17, 15) is 4.79 Å². The first kappa shape index (κ1) is 9.37. The van der Waals surface area contributed by atoms with Crippen molar-refractivity contribution in [3.05, 3.63) is 12.7 Å². The van der Waals surface area contributed by atoms with Gasteiger partial charge in [0.1, 0.15) is 0 Å². The molecule has 0 bridgehead atoms. The van der Waals surface area contributed by atoms with Crippen molar-refractivity contribution in [2.45, 2.75) is 0 Å². The summed E-state index contributed by atoms with van der Waals surface area (Å²) in [5, 5.41) is 5.49. The molecule has 6 nitrogen and oxygen atoms in total. The van der Waals surface area contributed by atoms with Gasteiger partial charge in [0, 0.05) is 13.1 Å². The number of guanidine groups is 1. The lowest BCUT2D eigenvalue weighted by atomic mass is 10.6. The molecule has 2 amide bonds. The highest BCUT2D eigenvalue weighted by molar-refractivity contribution is 5.84. The molecular formula is C7H13N5O. The number of carbonyl (C=O) groups is 1. The minimum Gasteiger partial charge on any atom is -0.353 e. The van der Waals surface area contributed by atoms with Crippen LogP contribution >= 0.6 is 0 Å². The fourth-order valence-corrected chi connectivity index (χ4v) is 0.807. The lowest BCUT2D eigenvalue weighted by Gasteiger charge is -2.08. The summed E-state index contributed by atoms with van der Waals surface area (Å²) in [6, 6.07) is -0.309. The maximum atomic E-state index is 10.9. The minimum atomic E-state index is -0.309. The highest BCUT2D eigenvalue weighted by Gasteiger charge is 2.04. The normalized spacial score (nSPS) is 14.0. The van der Waals surface area contributed by atoms with Crippen LogP contribution in [0.25, 0.3) is 0 Å². The molecule has 0 unspecified atom stereocenters. The average molecular weight is 183 g/mol. The zero-order valence-electron chi connectivity index (χ0n) is 7.26. The van der Waals surface area contributed by atoms with Crippen molar-refractivity contribution >= 4 is 12.0 Å². The third-order valence-corrected chi connectivity index (χ3v) is 1.38. The van der Waals surface area contributed by atoms with Gasteiger partial charge < -0.3 is 10.6 Å². The molecule has 1 aliphatic heterocycles. The molecule has 13 heavy (non-hydrogen) atoms. The molecule has 1 rings (SSSR count). The SMILES string of the molecule is C=CCNC(=O)NNC1=NCCN1. The zero-order chi connectivity index (χ0) is 9.52. The summed E-state index contributed by atoms with van der Waals surface area (Å²) in [6.07, 6.45) is 1.60. The Hall–Kier alpha value is -1.72. The fourth-order valence-electron chi connectivity index (χ4n) is 0.807. The van der Waals surface area contributed by atoms with Crippen LogP contribution in [0.15, 0.2) is 17.6 Å². The predicted molar refractivity (Wildman–Crippen MR) is 50.2 cm³/mol. The van der Waals surface area contributed by atoms with Gasteiger partial charge in [0.25, 0.3) is 0 Å². The standard InChI is InChI=1S/C7H13N5O/c1-2-3-10-7(13)12-11-6-8-4-5-9-6/h2H,1,3-5H2,(H2,8,9,11)(H2,10,12,13). The first-order chi connectivity index (χ1) is 6.33. The summed E-state index contributed by atoms with van der Waals surface area (Å²) < 4.78 is 0. The highest BCUT2D eigenvalue weighted by Crippen LogP contribution is 1.78. The predicted octanol–water partition coefficient (Wildman–Crippen LogP) is -1.06. The summed E-state index contributed by atoms with van der Waals surface area (Å²) in [7, 11) is 0. The van der Waals surface area contributed by atoms with E-state index in [2.05, 4.69) is 33.1 Å². The first-order valence-corrected chi connectivity index (χ1v) is 4.02. The van der Waals surface area contributed by atoms with Crippen molar-refractivity contribution < 1.29 is 4.79 Å². The molecule has 0 aromatic rings. The van der Waals surface area contributed by atoms with Crippen molar-refractivity contribution in [1.29, 1.82) is 0 Å². The maximum Gasteiger partial charge on any atom is 0.333 e. The molecule has 0 atom stereocenters. The number of carbonyl (C=O) groups excluding carboxylic acids is 1. The minimum absolute atomic E-state index is 0.309. The van der Waals surface area contributed by atoms with Crippen molar-refractivity contribution in [2.24, 2.45) is 4.99 Å². The smallest absolute Gasteiger partial charge is 0.333 e. The number of hydrogen-bond donors (Lipinski definition) is 4. The van der Waals surface area contributed by atoms with Crippen molar-refractivity contribution in [3.8, 4) is 0 Å². The number of urea groups is 1. The highest BCUT2D eigenvalue weighted by atomic mass is 16.2. The average Bonchev–Trinajstić information content (AvgIpc) is 2.64. The Bertz CT molecular complexity index is 225. The molecule has 72 valence electrons. The fraction of sp³-hybridized carbons (Fsp3) is 0.429. The van der Waals surface area contributed by atoms with E-state index in [-0.39, 0.29) is 6.03 Å². The Balaban J connectivity index is 2.10. The topological polar surface area (TPSA) is 77.6 Å². The van der Waals surface area contributed by atoms with Gasteiger partial charge in [0.15, 0.2) is 0 Å². The summed E-state index contributed by atoms with van der Waals surface area (Å²) in [6.45, 7) is 5.45. The van der Waals surface area contributed by atoms with Crippen LogP contribution in [-0.4, -0.2) is 31.6 Å². The number of hydrogen-bond acceptors (Lipinski definition) is 4. The van der Waals surface area contributed by atoms with E-state index >= 15 is 0 Å². The molecule has 1 heterocycles. The van der Waals surface area contributed by atoms with E-state index in [0.29, 0.717) is 12.5 Å². The maximum absolute atomic E-state index is 10.9.